The smallest absolute Gasteiger partial charge is 0.251 e. The molecule has 37 heavy (non-hydrogen) atoms. The molecule has 1 aliphatic carbocycles. The quantitative estimate of drug-likeness (QED) is 0.365. The molecule has 0 radical (unpaired) electrons. The number of aryl methyl sites for hydroxylation is 1. The minimum absolute atomic E-state index is 0.129. The monoisotopic (exact) mass is 567 g/mol. The highest BCUT2D eigenvalue weighted by molar-refractivity contribution is 9.10. The molecule has 7 nitrogen and oxygen atoms in total. The molecular weight excluding hydrogens is 534 g/mol. The number of aromatic nitrogens is 1. The lowest BCUT2D eigenvalue weighted by molar-refractivity contribution is 0.0841. The minimum Gasteiger partial charge on any atom is -0.484 e. The van der Waals surface area contributed by atoms with Gasteiger partial charge in [0.2, 0.25) is 0 Å². The van der Waals surface area contributed by atoms with Crippen molar-refractivity contribution >= 4 is 21.8 Å². The number of ether oxygens (including phenoxy) is 1. The van der Waals surface area contributed by atoms with E-state index in [1.165, 1.54) is 42.3 Å². The van der Waals surface area contributed by atoms with Crippen molar-refractivity contribution in [1.82, 2.24) is 15.2 Å². The Balaban J connectivity index is 1.10. The van der Waals surface area contributed by atoms with Crippen molar-refractivity contribution in [3.8, 4) is 5.75 Å². The molecule has 196 valence electrons. The van der Waals surface area contributed by atoms with Gasteiger partial charge in [0.15, 0.2) is 12.2 Å². The summed E-state index contributed by atoms with van der Waals surface area (Å²) in [6.07, 6.45) is 6.59. The molecule has 5 rings (SSSR count). The van der Waals surface area contributed by atoms with Gasteiger partial charge in [-0.2, -0.15) is 0 Å². The van der Waals surface area contributed by atoms with Gasteiger partial charge in [0.05, 0.1) is 16.3 Å². The van der Waals surface area contributed by atoms with Crippen molar-refractivity contribution in [2.75, 3.05) is 19.6 Å². The lowest BCUT2D eigenvalue weighted by Crippen LogP contribution is -2.42. The molecule has 0 unspecified atom stereocenters. The van der Waals surface area contributed by atoms with E-state index in [2.05, 4.69) is 43.3 Å². The Hall–Kier alpha value is -2.68. The van der Waals surface area contributed by atoms with E-state index in [0.717, 1.165) is 53.5 Å². The second-order valence-electron chi connectivity index (χ2n) is 10.2. The van der Waals surface area contributed by atoms with E-state index in [-0.39, 0.29) is 12.5 Å². The molecule has 2 aromatic carbocycles. The molecule has 1 saturated carbocycles. The fourth-order valence-electron chi connectivity index (χ4n) is 5.07. The number of oxazole rings is 1. The zero-order chi connectivity index (χ0) is 25.8. The number of halogens is 1. The van der Waals surface area contributed by atoms with Crippen LogP contribution in [0.5, 0.6) is 5.75 Å². The molecule has 1 aromatic heterocycles. The van der Waals surface area contributed by atoms with Gasteiger partial charge < -0.3 is 19.6 Å². The van der Waals surface area contributed by atoms with Gasteiger partial charge in [0, 0.05) is 31.7 Å². The predicted octanol–water partition coefficient (Wildman–Crippen LogP) is 4.82. The molecule has 0 saturated heterocycles. The van der Waals surface area contributed by atoms with Gasteiger partial charge in [-0.1, -0.05) is 37.5 Å². The summed E-state index contributed by atoms with van der Waals surface area (Å²) in [6, 6.07) is 11.9. The van der Waals surface area contributed by atoms with Crippen molar-refractivity contribution in [3.05, 3.63) is 81.0 Å². The van der Waals surface area contributed by atoms with Crippen LogP contribution < -0.4 is 10.1 Å². The maximum atomic E-state index is 12.7. The summed E-state index contributed by atoms with van der Waals surface area (Å²) in [5, 5.41) is 13.6. The first-order valence-corrected chi connectivity index (χ1v) is 13.8. The molecule has 2 heterocycles. The largest absolute Gasteiger partial charge is 0.484 e. The van der Waals surface area contributed by atoms with E-state index in [1.807, 2.05) is 31.2 Å². The lowest BCUT2D eigenvalue weighted by Gasteiger charge is -2.31. The summed E-state index contributed by atoms with van der Waals surface area (Å²) in [7, 11) is 0. The molecule has 8 heteroatoms. The van der Waals surface area contributed by atoms with Gasteiger partial charge in [-0.3, -0.25) is 9.69 Å². The van der Waals surface area contributed by atoms with E-state index in [9.17, 15) is 9.90 Å². The molecule has 1 fully saturated rings. The van der Waals surface area contributed by atoms with Gasteiger partial charge in [-0.05, 0) is 76.5 Å². The third kappa shape index (κ3) is 6.43. The molecule has 1 amide bonds. The normalized spacial score (nSPS) is 16.6. The maximum Gasteiger partial charge on any atom is 0.251 e. The number of fused-ring (bicyclic) bond motifs is 1. The van der Waals surface area contributed by atoms with Crippen LogP contribution in [0.4, 0.5) is 0 Å². The van der Waals surface area contributed by atoms with Gasteiger partial charge in [0.25, 0.3) is 5.91 Å². The lowest BCUT2D eigenvalue weighted by atomic mass is 9.81. The summed E-state index contributed by atoms with van der Waals surface area (Å²) < 4.78 is 12.3. The number of hydrogen-bond acceptors (Lipinski definition) is 6. The Kier molecular flexibility index (Phi) is 8.27. The van der Waals surface area contributed by atoms with E-state index in [0.29, 0.717) is 18.7 Å². The topological polar surface area (TPSA) is 87.8 Å². The van der Waals surface area contributed by atoms with E-state index >= 15 is 0 Å². The number of carbonyl (C=O) groups is 1. The first kappa shape index (κ1) is 25.9. The van der Waals surface area contributed by atoms with Crippen LogP contribution in [0, 0.1) is 12.8 Å². The average molecular weight is 569 g/mol. The highest BCUT2D eigenvalue weighted by Gasteiger charge is 2.23. The first-order valence-electron chi connectivity index (χ1n) is 13.1. The van der Waals surface area contributed by atoms with Gasteiger partial charge >= 0.3 is 0 Å². The van der Waals surface area contributed by atoms with Crippen LogP contribution in [-0.2, 0) is 26.0 Å². The first-order chi connectivity index (χ1) is 18.0. The summed E-state index contributed by atoms with van der Waals surface area (Å²) >= 11 is 3.72. The molecule has 2 N–H and O–H groups in total. The van der Waals surface area contributed by atoms with E-state index in [4.69, 9.17) is 9.15 Å². The molecule has 2 aliphatic rings. The van der Waals surface area contributed by atoms with Crippen molar-refractivity contribution in [1.29, 1.82) is 0 Å². The third-order valence-electron chi connectivity index (χ3n) is 7.49. The summed E-state index contributed by atoms with van der Waals surface area (Å²) in [5.74, 6) is 2.13. The standard InChI is InChI=1S/C29H34BrN3O4/c1-19-27(37-18-32-19)17-36-26-9-8-23-15-33(11-10-25(23)28(26)30)16-24(34)14-31-29(35)22-7-3-6-21(13-22)12-20-4-2-5-20/h3,6-9,13,18,20,24,34H,2,4-5,10-12,14-17H2,1H3,(H,31,35)/t24-/m0/s1. The Bertz CT molecular complexity index is 1240. The predicted molar refractivity (Wildman–Crippen MR) is 145 cm³/mol. The summed E-state index contributed by atoms with van der Waals surface area (Å²) in [5.41, 5.74) is 5.15. The van der Waals surface area contributed by atoms with Crippen molar-refractivity contribution in [2.24, 2.45) is 5.92 Å². The van der Waals surface area contributed by atoms with Crippen LogP contribution in [0.3, 0.4) is 0 Å². The molecule has 0 bridgehead atoms. The fraction of sp³-hybridized carbons (Fsp3) is 0.448. The number of aliphatic hydroxyl groups is 1. The average Bonchev–Trinajstić information content (AvgIpc) is 3.29. The van der Waals surface area contributed by atoms with Crippen LogP contribution >= 0.6 is 15.9 Å². The zero-order valence-electron chi connectivity index (χ0n) is 21.2. The Morgan fingerprint density at radius 2 is 2.19 bits per heavy atom. The van der Waals surface area contributed by atoms with Crippen LogP contribution in [0.1, 0.15) is 57.8 Å². The number of carbonyl (C=O) groups excluding carboxylic acids is 1. The number of benzene rings is 2. The third-order valence-corrected chi connectivity index (χ3v) is 8.36. The molecular formula is C29H34BrN3O4. The highest BCUT2D eigenvalue weighted by Crippen LogP contribution is 2.35. The molecule has 1 aliphatic heterocycles. The van der Waals surface area contributed by atoms with Crippen LogP contribution in [0.2, 0.25) is 0 Å². The number of nitrogens with one attached hydrogen (secondary N) is 1. The van der Waals surface area contributed by atoms with Crippen LogP contribution in [0.15, 0.2) is 51.7 Å². The number of amides is 1. The van der Waals surface area contributed by atoms with Crippen molar-refractivity contribution in [3.63, 3.8) is 0 Å². The number of hydrogen-bond donors (Lipinski definition) is 2. The second kappa shape index (κ2) is 11.8. The Labute approximate surface area is 226 Å². The maximum absolute atomic E-state index is 12.7. The van der Waals surface area contributed by atoms with Crippen molar-refractivity contribution in [2.45, 2.75) is 58.3 Å². The van der Waals surface area contributed by atoms with Crippen LogP contribution in [-0.4, -0.2) is 46.6 Å². The van der Waals surface area contributed by atoms with Gasteiger partial charge in [-0.15, -0.1) is 0 Å². The van der Waals surface area contributed by atoms with Gasteiger partial charge in [0.1, 0.15) is 12.4 Å². The molecule has 0 spiro atoms. The number of β-amino-alcohol motifs (C(OH)–C–C–N with tert-alkyl or cyclic N) is 1. The van der Waals surface area contributed by atoms with Crippen molar-refractivity contribution < 1.29 is 19.1 Å². The highest BCUT2D eigenvalue weighted by atomic mass is 79.9. The summed E-state index contributed by atoms with van der Waals surface area (Å²) in [6.45, 7) is 4.52. The SMILES string of the molecule is Cc1ncoc1COc1ccc2c(c1Br)CCN(C[C@@H](O)CNC(=O)c1cccc(CC3CCC3)c1)C2. The second-order valence-corrected chi connectivity index (χ2v) is 11.0. The van der Waals surface area contributed by atoms with E-state index < -0.39 is 6.10 Å². The number of aliphatic hydroxyl groups excluding tert-OH is 1. The Morgan fingerprint density at radius 1 is 1.32 bits per heavy atom. The number of nitrogens with zero attached hydrogens (tertiary/aromatic N) is 2. The zero-order valence-corrected chi connectivity index (χ0v) is 22.8. The van der Waals surface area contributed by atoms with Crippen LogP contribution in [0.25, 0.3) is 0 Å². The fourth-order valence-corrected chi connectivity index (χ4v) is 5.77. The molecule has 1 atom stereocenters. The molecule has 3 aromatic rings. The Morgan fingerprint density at radius 3 is 2.95 bits per heavy atom. The summed E-state index contributed by atoms with van der Waals surface area (Å²) in [4.78, 5) is 19.0. The minimum atomic E-state index is -0.639. The number of rotatable bonds is 10. The van der Waals surface area contributed by atoms with Gasteiger partial charge in [-0.25, -0.2) is 4.98 Å². The van der Waals surface area contributed by atoms with E-state index in [1.54, 1.807) is 0 Å².